The van der Waals surface area contributed by atoms with E-state index in [1.165, 1.54) is 19.2 Å². The Morgan fingerprint density at radius 1 is 1.04 bits per heavy atom. The third-order valence-corrected chi connectivity index (χ3v) is 5.07. The van der Waals surface area contributed by atoms with E-state index in [4.69, 9.17) is 4.74 Å². The summed E-state index contributed by atoms with van der Waals surface area (Å²) in [6, 6.07) is 10.8. The van der Waals surface area contributed by atoms with Crippen LogP contribution in [0.15, 0.2) is 42.5 Å². The fraction of sp³-hybridized carbons (Fsp3) is 0.263. The molecule has 1 N–H and O–H groups in total. The van der Waals surface area contributed by atoms with Crippen LogP contribution < -0.4 is 4.72 Å². The number of benzene rings is 2. The number of methoxy groups -OCH3 is 1. The zero-order chi connectivity index (χ0) is 20.0. The summed E-state index contributed by atoms with van der Waals surface area (Å²) in [5.41, 5.74) is 1.95. The van der Waals surface area contributed by atoms with Crippen molar-refractivity contribution in [1.29, 1.82) is 0 Å². The summed E-state index contributed by atoms with van der Waals surface area (Å²) in [6.07, 6.45) is 0. The van der Waals surface area contributed by atoms with Gasteiger partial charge in [-0.1, -0.05) is 18.2 Å². The minimum atomic E-state index is -3.72. The van der Waals surface area contributed by atoms with Gasteiger partial charge >= 0.3 is 11.9 Å². The molecular formula is C19H21NO6S. The molecule has 0 radical (unpaired) electrons. The number of esters is 2. The number of anilines is 1. The highest BCUT2D eigenvalue weighted by molar-refractivity contribution is 7.91. The van der Waals surface area contributed by atoms with Crippen molar-refractivity contribution in [3.63, 3.8) is 0 Å². The molecule has 0 saturated heterocycles. The van der Waals surface area contributed by atoms with Crippen molar-refractivity contribution in [2.24, 2.45) is 0 Å². The average Bonchev–Trinajstić information content (AvgIpc) is 2.63. The van der Waals surface area contributed by atoms with E-state index in [-0.39, 0.29) is 12.4 Å². The van der Waals surface area contributed by atoms with E-state index >= 15 is 0 Å². The molecule has 2 aromatic rings. The van der Waals surface area contributed by atoms with Gasteiger partial charge in [-0.3, -0.25) is 4.72 Å². The lowest BCUT2D eigenvalue weighted by Gasteiger charge is -2.13. The van der Waals surface area contributed by atoms with E-state index in [2.05, 4.69) is 9.46 Å². The SMILES string of the molecule is CCOC(=O)c1cccc(NS(=O)(=O)Cc2ccc(C(=O)OC)cc2)c1C. The molecule has 0 aliphatic carbocycles. The van der Waals surface area contributed by atoms with Gasteiger partial charge in [0.25, 0.3) is 0 Å². The predicted octanol–water partition coefficient (Wildman–Crippen LogP) is 2.90. The molecule has 0 atom stereocenters. The predicted molar refractivity (Wildman–Crippen MR) is 101 cm³/mol. The van der Waals surface area contributed by atoms with E-state index in [9.17, 15) is 18.0 Å². The van der Waals surface area contributed by atoms with Crippen molar-refractivity contribution in [2.75, 3.05) is 18.4 Å². The van der Waals surface area contributed by atoms with Gasteiger partial charge in [-0.25, -0.2) is 18.0 Å². The molecule has 0 aliphatic heterocycles. The van der Waals surface area contributed by atoms with Crippen molar-refractivity contribution in [1.82, 2.24) is 0 Å². The van der Waals surface area contributed by atoms with Gasteiger partial charge in [0.1, 0.15) is 0 Å². The summed E-state index contributed by atoms with van der Waals surface area (Å²) in [6.45, 7) is 3.58. The van der Waals surface area contributed by atoms with Gasteiger partial charge in [0, 0.05) is 0 Å². The number of carbonyl (C=O) groups is 2. The van der Waals surface area contributed by atoms with E-state index in [0.29, 0.717) is 27.9 Å². The Hall–Kier alpha value is -2.87. The molecule has 0 heterocycles. The highest BCUT2D eigenvalue weighted by atomic mass is 32.2. The Bertz CT molecular complexity index is 935. The molecule has 0 fully saturated rings. The fourth-order valence-electron chi connectivity index (χ4n) is 2.45. The molecule has 0 amide bonds. The molecular weight excluding hydrogens is 370 g/mol. The van der Waals surface area contributed by atoms with Gasteiger partial charge in [-0.2, -0.15) is 0 Å². The first-order valence-electron chi connectivity index (χ1n) is 8.22. The molecule has 2 aromatic carbocycles. The fourth-order valence-corrected chi connectivity index (χ4v) is 3.71. The second-order valence-electron chi connectivity index (χ2n) is 5.75. The van der Waals surface area contributed by atoms with Crippen LogP contribution in [0.2, 0.25) is 0 Å². The van der Waals surface area contributed by atoms with Crippen LogP contribution >= 0.6 is 0 Å². The average molecular weight is 391 g/mol. The lowest BCUT2D eigenvalue weighted by Crippen LogP contribution is -2.17. The van der Waals surface area contributed by atoms with E-state index in [0.717, 1.165) is 0 Å². The van der Waals surface area contributed by atoms with Gasteiger partial charge in [0.2, 0.25) is 10.0 Å². The zero-order valence-corrected chi connectivity index (χ0v) is 16.1. The third-order valence-electron chi connectivity index (χ3n) is 3.83. The van der Waals surface area contributed by atoms with Crippen LogP contribution in [0.25, 0.3) is 0 Å². The largest absolute Gasteiger partial charge is 0.465 e. The van der Waals surface area contributed by atoms with Crippen LogP contribution in [0.5, 0.6) is 0 Å². The second kappa shape index (κ2) is 8.68. The van der Waals surface area contributed by atoms with Crippen molar-refractivity contribution in [3.8, 4) is 0 Å². The van der Waals surface area contributed by atoms with E-state index < -0.39 is 22.0 Å². The van der Waals surface area contributed by atoms with Crippen LogP contribution in [0.4, 0.5) is 5.69 Å². The summed E-state index contributed by atoms with van der Waals surface area (Å²) in [7, 11) is -2.45. The number of hydrogen-bond acceptors (Lipinski definition) is 6. The summed E-state index contributed by atoms with van der Waals surface area (Å²) < 4.78 is 37.0. The van der Waals surface area contributed by atoms with Gasteiger partial charge in [0.15, 0.2) is 0 Å². The zero-order valence-electron chi connectivity index (χ0n) is 15.3. The summed E-state index contributed by atoms with van der Waals surface area (Å²) in [5, 5.41) is 0. The van der Waals surface area contributed by atoms with Crippen LogP contribution in [-0.4, -0.2) is 34.1 Å². The number of rotatable bonds is 7. The number of ether oxygens (including phenoxy) is 2. The van der Waals surface area contributed by atoms with Crippen LogP contribution in [0.1, 0.15) is 38.8 Å². The van der Waals surface area contributed by atoms with Crippen molar-refractivity contribution in [3.05, 3.63) is 64.7 Å². The molecule has 0 aliphatic rings. The standard InChI is InChI=1S/C19H21NO6S/c1-4-26-19(22)16-6-5-7-17(13(16)2)20-27(23,24)12-14-8-10-15(11-9-14)18(21)25-3/h5-11,20H,4,12H2,1-3H3. The Morgan fingerprint density at radius 3 is 2.30 bits per heavy atom. The topological polar surface area (TPSA) is 98.8 Å². The van der Waals surface area contributed by atoms with Gasteiger partial charge in [0.05, 0.1) is 36.3 Å². The highest BCUT2D eigenvalue weighted by Crippen LogP contribution is 2.22. The first-order valence-corrected chi connectivity index (χ1v) is 9.87. The molecule has 27 heavy (non-hydrogen) atoms. The van der Waals surface area contributed by atoms with Crippen LogP contribution in [0.3, 0.4) is 0 Å². The second-order valence-corrected chi connectivity index (χ2v) is 7.47. The highest BCUT2D eigenvalue weighted by Gasteiger charge is 2.17. The molecule has 7 nitrogen and oxygen atoms in total. The molecule has 0 unspecified atom stereocenters. The van der Waals surface area contributed by atoms with Gasteiger partial charge in [-0.15, -0.1) is 0 Å². The molecule has 2 rings (SSSR count). The monoisotopic (exact) mass is 391 g/mol. The summed E-state index contributed by atoms with van der Waals surface area (Å²) >= 11 is 0. The maximum atomic E-state index is 12.5. The Kier molecular flexibility index (Phi) is 6.57. The van der Waals surface area contributed by atoms with Crippen molar-refractivity contribution < 1.29 is 27.5 Å². The van der Waals surface area contributed by atoms with E-state index in [1.807, 2.05) is 0 Å². The first kappa shape index (κ1) is 20.4. The Balaban J connectivity index is 2.18. The number of carbonyl (C=O) groups excluding carboxylic acids is 2. The molecule has 8 heteroatoms. The van der Waals surface area contributed by atoms with Crippen LogP contribution in [-0.2, 0) is 25.2 Å². The lowest BCUT2D eigenvalue weighted by atomic mass is 10.1. The maximum Gasteiger partial charge on any atom is 0.338 e. The lowest BCUT2D eigenvalue weighted by molar-refractivity contribution is 0.0524. The van der Waals surface area contributed by atoms with E-state index in [1.54, 1.807) is 44.2 Å². The molecule has 0 spiro atoms. The van der Waals surface area contributed by atoms with Gasteiger partial charge < -0.3 is 9.47 Å². The minimum absolute atomic E-state index is 0.232. The van der Waals surface area contributed by atoms with Gasteiger partial charge in [-0.05, 0) is 49.2 Å². The maximum absolute atomic E-state index is 12.5. The summed E-state index contributed by atoms with van der Waals surface area (Å²) in [4.78, 5) is 23.4. The third kappa shape index (κ3) is 5.30. The Labute approximate surface area is 158 Å². The summed E-state index contributed by atoms with van der Waals surface area (Å²) in [5.74, 6) is -1.28. The smallest absolute Gasteiger partial charge is 0.338 e. The first-order chi connectivity index (χ1) is 12.8. The molecule has 0 bridgehead atoms. The van der Waals surface area contributed by atoms with Crippen molar-refractivity contribution in [2.45, 2.75) is 19.6 Å². The van der Waals surface area contributed by atoms with Crippen molar-refractivity contribution >= 4 is 27.6 Å². The quantitative estimate of drug-likeness (QED) is 0.729. The number of nitrogens with one attached hydrogen (secondary N) is 1. The number of hydrogen-bond donors (Lipinski definition) is 1. The van der Waals surface area contributed by atoms with Crippen LogP contribution in [0, 0.1) is 6.92 Å². The molecule has 0 saturated carbocycles. The molecule has 144 valence electrons. The number of sulfonamides is 1. The minimum Gasteiger partial charge on any atom is -0.465 e. The Morgan fingerprint density at radius 2 is 1.70 bits per heavy atom. The normalized spacial score (nSPS) is 10.9. The molecule has 0 aromatic heterocycles.